The second-order valence-corrected chi connectivity index (χ2v) is 9.46. The van der Waals surface area contributed by atoms with Gasteiger partial charge >= 0.3 is 0 Å². The molecule has 4 nitrogen and oxygen atoms in total. The van der Waals surface area contributed by atoms with Gasteiger partial charge in [-0.1, -0.05) is 30.7 Å². The number of Topliss-reactive ketones (excluding diaryl/α,β-unsaturated/α-hetero) is 2. The van der Waals surface area contributed by atoms with Crippen molar-refractivity contribution in [2.45, 2.75) is 50.7 Å². The topological polar surface area (TPSA) is 56.3 Å². The maximum atomic E-state index is 13.3. The summed E-state index contributed by atoms with van der Waals surface area (Å²) in [5, 5.41) is 1.51. The van der Waals surface area contributed by atoms with E-state index in [1.807, 2.05) is 38.1 Å². The Bertz CT molecular complexity index is 953. The largest absolute Gasteiger partial charge is 0.370 e. The number of nitrogens with zero attached hydrogens (tertiary/aromatic N) is 1. The van der Waals surface area contributed by atoms with Gasteiger partial charge in [-0.25, -0.2) is 4.98 Å². The van der Waals surface area contributed by atoms with E-state index in [1.165, 1.54) is 0 Å². The van der Waals surface area contributed by atoms with E-state index in [1.54, 1.807) is 11.3 Å². The molecule has 5 rings (SSSR count). The highest BCUT2D eigenvalue weighted by atomic mass is 35.5. The van der Waals surface area contributed by atoms with Gasteiger partial charge in [-0.3, -0.25) is 9.59 Å². The number of aryl methyl sites for hydroxylation is 1. The third-order valence-electron chi connectivity index (χ3n) is 6.38. The summed E-state index contributed by atoms with van der Waals surface area (Å²) in [6.07, 6.45) is 2.39. The number of aromatic nitrogens is 1. The molecule has 0 amide bonds. The Morgan fingerprint density at radius 1 is 1.26 bits per heavy atom. The van der Waals surface area contributed by atoms with E-state index in [0.29, 0.717) is 10.7 Å². The lowest BCUT2D eigenvalue weighted by atomic mass is 9.74. The molecular weight excluding hydrogens is 382 g/mol. The van der Waals surface area contributed by atoms with Crippen molar-refractivity contribution >= 4 is 34.5 Å². The summed E-state index contributed by atoms with van der Waals surface area (Å²) in [5.74, 6) is -1.29. The predicted molar refractivity (Wildman–Crippen MR) is 104 cm³/mol. The van der Waals surface area contributed by atoms with Crippen LogP contribution in [-0.4, -0.2) is 28.3 Å². The first kappa shape index (κ1) is 17.5. The molecule has 0 spiro atoms. The van der Waals surface area contributed by atoms with Crippen molar-refractivity contribution in [3.05, 3.63) is 39.9 Å². The van der Waals surface area contributed by atoms with Crippen LogP contribution >= 0.6 is 22.9 Å². The lowest BCUT2D eigenvalue weighted by Crippen LogP contribution is -2.37. The molecule has 2 aromatic rings. The Hall–Kier alpha value is -1.56. The van der Waals surface area contributed by atoms with Crippen molar-refractivity contribution in [3.8, 4) is 10.6 Å². The molecule has 3 aliphatic rings. The van der Waals surface area contributed by atoms with E-state index in [2.05, 4.69) is 0 Å². The van der Waals surface area contributed by atoms with Crippen LogP contribution in [0.1, 0.15) is 43.2 Å². The molecule has 27 heavy (non-hydrogen) atoms. The fraction of sp³-hybridized carbons (Fsp3) is 0.476. The number of hydrogen-bond acceptors (Lipinski definition) is 5. The minimum Gasteiger partial charge on any atom is -0.370 e. The fourth-order valence-electron chi connectivity index (χ4n) is 5.13. The molecule has 1 aliphatic carbocycles. The molecule has 1 aromatic heterocycles. The monoisotopic (exact) mass is 401 g/mol. The second kappa shape index (κ2) is 5.97. The number of benzene rings is 1. The number of rotatable bonds is 3. The zero-order valence-electron chi connectivity index (χ0n) is 15.2. The number of fused-ring (bicyclic) bond motifs is 5. The van der Waals surface area contributed by atoms with Crippen LogP contribution < -0.4 is 0 Å². The average molecular weight is 402 g/mol. The van der Waals surface area contributed by atoms with Crippen LogP contribution in [0, 0.1) is 11.8 Å². The van der Waals surface area contributed by atoms with Crippen LogP contribution in [0.2, 0.25) is 5.02 Å². The molecule has 140 valence electrons. The first-order chi connectivity index (χ1) is 12.9. The second-order valence-electron chi connectivity index (χ2n) is 7.94. The van der Waals surface area contributed by atoms with Crippen LogP contribution in [0.15, 0.2) is 24.3 Å². The number of carbonyl (C=O) groups excluding carboxylic acids is 2. The number of carbonyl (C=O) groups is 2. The van der Waals surface area contributed by atoms with Gasteiger partial charge in [0.25, 0.3) is 0 Å². The average Bonchev–Trinajstić information content (AvgIpc) is 3.36. The molecule has 5 atom stereocenters. The third-order valence-corrected chi connectivity index (χ3v) is 7.90. The lowest BCUT2D eigenvalue weighted by molar-refractivity contribution is -0.129. The van der Waals surface area contributed by atoms with Gasteiger partial charge in [0.1, 0.15) is 10.9 Å². The van der Waals surface area contributed by atoms with Gasteiger partial charge in [0.2, 0.25) is 0 Å². The van der Waals surface area contributed by atoms with Gasteiger partial charge in [-0.2, -0.15) is 0 Å². The van der Waals surface area contributed by atoms with Gasteiger partial charge in [-0.15, -0.1) is 11.3 Å². The summed E-state index contributed by atoms with van der Waals surface area (Å²) in [6, 6.07) is 7.50. The standard InChI is InChI=1S/C21H20ClNO3S/c1-3-13-17(23-20(27-13)10-4-6-11(22)7-5-10)15-18(24)14-12-8-9-21(2,26-12)16(14)19(15)25/h4-7,12,14-16H,3,8-9H2,1-2H3/t12-,14-,15?,16+,21?/m0/s1. The quantitative estimate of drug-likeness (QED) is 0.713. The van der Waals surface area contributed by atoms with Crippen molar-refractivity contribution in [3.63, 3.8) is 0 Å². The molecular formula is C21H20ClNO3S. The number of ketones is 2. The van der Waals surface area contributed by atoms with Crippen molar-refractivity contribution in [2.24, 2.45) is 11.8 Å². The highest BCUT2D eigenvalue weighted by Crippen LogP contribution is 2.58. The lowest BCUT2D eigenvalue weighted by Gasteiger charge is -2.26. The van der Waals surface area contributed by atoms with Crippen LogP contribution in [0.25, 0.3) is 10.6 Å². The van der Waals surface area contributed by atoms with Gasteiger partial charge in [0.05, 0.1) is 29.2 Å². The van der Waals surface area contributed by atoms with E-state index in [0.717, 1.165) is 34.7 Å². The molecule has 1 saturated carbocycles. The molecule has 2 bridgehead atoms. The summed E-state index contributed by atoms with van der Waals surface area (Å²) < 4.78 is 6.02. The van der Waals surface area contributed by atoms with Crippen LogP contribution in [0.5, 0.6) is 0 Å². The molecule has 2 unspecified atom stereocenters. The first-order valence-electron chi connectivity index (χ1n) is 9.44. The number of ether oxygens (including phenoxy) is 1. The zero-order valence-corrected chi connectivity index (χ0v) is 16.8. The predicted octanol–water partition coefficient (Wildman–Crippen LogP) is 4.45. The maximum Gasteiger partial charge on any atom is 0.156 e. The molecule has 1 aromatic carbocycles. The summed E-state index contributed by atoms with van der Waals surface area (Å²) in [5.41, 5.74) is 1.15. The van der Waals surface area contributed by atoms with E-state index in [9.17, 15) is 9.59 Å². The zero-order chi connectivity index (χ0) is 18.9. The van der Waals surface area contributed by atoms with Gasteiger partial charge in [0, 0.05) is 15.5 Å². The number of hydrogen-bond donors (Lipinski definition) is 0. The van der Waals surface area contributed by atoms with Crippen LogP contribution in [0.3, 0.4) is 0 Å². The van der Waals surface area contributed by atoms with Crippen molar-refractivity contribution < 1.29 is 14.3 Å². The van der Waals surface area contributed by atoms with Crippen molar-refractivity contribution in [1.82, 2.24) is 4.98 Å². The molecule has 0 radical (unpaired) electrons. The summed E-state index contributed by atoms with van der Waals surface area (Å²) >= 11 is 7.55. The molecule has 0 N–H and O–H groups in total. The Labute approximate surface area is 166 Å². The molecule has 3 fully saturated rings. The fourth-order valence-corrected chi connectivity index (χ4v) is 6.30. The Morgan fingerprint density at radius 2 is 2.00 bits per heavy atom. The van der Waals surface area contributed by atoms with E-state index in [4.69, 9.17) is 21.3 Å². The minimum absolute atomic E-state index is 0.0114. The highest BCUT2D eigenvalue weighted by molar-refractivity contribution is 7.15. The smallest absolute Gasteiger partial charge is 0.156 e. The summed E-state index contributed by atoms with van der Waals surface area (Å²) in [7, 11) is 0. The molecule has 2 aliphatic heterocycles. The minimum atomic E-state index is -0.726. The number of halogens is 1. The van der Waals surface area contributed by atoms with Gasteiger partial charge in [-0.05, 0) is 38.3 Å². The summed E-state index contributed by atoms with van der Waals surface area (Å²) in [6.45, 7) is 4.04. The number of thiazole rings is 1. The summed E-state index contributed by atoms with van der Waals surface area (Å²) in [4.78, 5) is 32.3. The third kappa shape index (κ3) is 2.41. The normalized spacial score (nSPS) is 34.5. The Morgan fingerprint density at radius 3 is 2.67 bits per heavy atom. The maximum absolute atomic E-state index is 13.3. The van der Waals surface area contributed by atoms with E-state index < -0.39 is 11.5 Å². The molecule has 2 saturated heterocycles. The van der Waals surface area contributed by atoms with Crippen LogP contribution in [0.4, 0.5) is 0 Å². The van der Waals surface area contributed by atoms with Crippen molar-refractivity contribution in [2.75, 3.05) is 0 Å². The molecule has 6 heteroatoms. The van der Waals surface area contributed by atoms with E-state index >= 15 is 0 Å². The van der Waals surface area contributed by atoms with E-state index in [-0.39, 0.29) is 29.5 Å². The first-order valence-corrected chi connectivity index (χ1v) is 10.6. The Balaban J connectivity index is 1.56. The van der Waals surface area contributed by atoms with Crippen molar-refractivity contribution in [1.29, 1.82) is 0 Å². The van der Waals surface area contributed by atoms with Gasteiger partial charge in [0.15, 0.2) is 11.6 Å². The Kier molecular flexibility index (Phi) is 3.87. The highest BCUT2D eigenvalue weighted by Gasteiger charge is 2.68. The SMILES string of the molecule is CCc1sc(-c2ccc(Cl)cc2)nc1C1C(=O)[C@H]2[C@@H]3CCC(C)(O3)[C@H]2C1=O. The van der Waals surface area contributed by atoms with Gasteiger partial charge < -0.3 is 4.74 Å². The molecule has 3 heterocycles. The van der Waals surface area contributed by atoms with Crippen LogP contribution in [-0.2, 0) is 20.7 Å².